The summed E-state index contributed by atoms with van der Waals surface area (Å²) in [4.78, 5) is 11.7. The van der Waals surface area contributed by atoms with E-state index in [0.29, 0.717) is 5.02 Å². The molecule has 0 saturated carbocycles. The molecule has 1 aromatic carbocycles. The highest BCUT2D eigenvalue weighted by Crippen LogP contribution is 2.22. The number of benzene rings is 1. The van der Waals surface area contributed by atoms with Gasteiger partial charge in [-0.1, -0.05) is 38.4 Å². The Morgan fingerprint density at radius 2 is 2.00 bits per heavy atom. The SMILES string of the molecule is CC(=NNC(=O)CNc1cccc(Cl)c1C)C(C)(C)C. The van der Waals surface area contributed by atoms with Crippen molar-refractivity contribution in [3.05, 3.63) is 28.8 Å². The molecule has 1 amide bonds. The van der Waals surface area contributed by atoms with Gasteiger partial charge in [0.15, 0.2) is 0 Å². The summed E-state index contributed by atoms with van der Waals surface area (Å²) in [6.45, 7) is 10.1. The Bertz CT molecular complexity index is 518. The largest absolute Gasteiger partial charge is 0.376 e. The van der Waals surface area contributed by atoms with Crippen LogP contribution in [0.4, 0.5) is 5.69 Å². The van der Waals surface area contributed by atoms with Crippen LogP contribution in [-0.4, -0.2) is 18.2 Å². The number of hydrazone groups is 1. The van der Waals surface area contributed by atoms with Gasteiger partial charge in [-0.15, -0.1) is 0 Å². The van der Waals surface area contributed by atoms with Gasteiger partial charge >= 0.3 is 0 Å². The van der Waals surface area contributed by atoms with E-state index in [1.54, 1.807) is 0 Å². The summed E-state index contributed by atoms with van der Waals surface area (Å²) < 4.78 is 0. The number of carbonyl (C=O) groups is 1. The molecule has 4 nitrogen and oxygen atoms in total. The maximum absolute atomic E-state index is 11.7. The first-order chi connectivity index (χ1) is 9.21. The van der Waals surface area contributed by atoms with Crippen molar-refractivity contribution in [2.45, 2.75) is 34.6 Å². The fourth-order valence-corrected chi connectivity index (χ4v) is 1.50. The molecule has 2 N–H and O–H groups in total. The lowest BCUT2D eigenvalue weighted by Crippen LogP contribution is -2.29. The maximum Gasteiger partial charge on any atom is 0.259 e. The van der Waals surface area contributed by atoms with Crippen molar-refractivity contribution in [1.82, 2.24) is 5.43 Å². The van der Waals surface area contributed by atoms with E-state index in [1.807, 2.05) is 52.8 Å². The Hall–Kier alpha value is -1.55. The standard InChI is InChI=1S/C15H22ClN3O/c1-10-12(16)7-6-8-13(10)17-9-14(20)19-18-11(2)15(3,4)5/h6-8,17H,9H2,1-5H3,(H,19,20). The highest BCUT2D eigenvalue weighted by Gasteiger charge is 2.14. The highest BCUT2D eigenvalue weighted by atomic mass is 35.5. The van der Waals surface area contributed by atoms with Crippen LogP contribution in [0.3, 0.4) is 0 Å². The van der Waals surface area contributed by atoms with Crippen LogP contribution in [0.1, 0.15) is 33.3 Å². The number of anilines is 1. The van der Waals surface area contributed by atoms with Crippen LogP contribution < -0.4 is 10.7 Å². The number of amides is 1. The molecule has 0 bridgehead atoms. The average molecular weight is 296 g/mol. The normalized spacial score (nSPS) is 12.2. The van der Waals surface area contributed by atoms with Crippen LogP contribution in [0.5, 0.6) is 0 Å². The summed E-state index contributed by atoms with van der Waals surface area (Å²) in [7, 11) is 0. The number of halogens is 1. The number of rotatable bonds is 4. The zero-order chi connectivity index (χ0) is 15.3. The first-order valence-electron chi connectivity index (χ1n) is 6.54. The van der Waals surface area contributed by atoms with E-state index in [-0.39, 0.29) is 17.9 Å². The summed E-state index contributed by atoms with van der Waals surface area (Å²) in [5, 5.41) is 7.83. The van der Waals surface area contributed by atoms with E-state index in [4.69, 9.17) is 11.6 Å². The quantitative estimate of drug-likeness (QED) is 0.659. The van der Waals surface area contributed by atoms with Crippen LogP contribution in [0, 0.1) is 12.3 Å². The smallest absolute Gasteiger partial charge is 0.259 e. The van der Waals surface area contributed by atoms with Gasteiger partial charge in [-0.2, -0.15) is 5.10 Å². The van der Waals surface area contributed by atoms with Crippen molar-refractivity contribution >= 4 is 28.9 Å². The molecule has 0 heterocycles. The van der Waals surface area contributed by atoms with Crippen molar-refractivity contribution in [2.24, 2.45) is 10.5 Å². The second kappa shape index (κ2) is 6.75. The Balaban J connectivity index is 2.55. The second-order valence-corrected chi connectivity index (χ2v) is 6.16. The van der Waals surface area contributed by atoms with Crippen LogP contribution in [0.15, 0.2) is 23.3 Å². The van der Waals surface area contributed by atoms with Crippen molar-refractivity contribution in [1.29, 1.82) is 0 Å². The van der Waals surface area contributed by atoms with Gasteiger partial charge in [0.25, 0.3) is 5.91 Å². The Morgan fingerprint density at radius 3 is 2.60 bits per heavy atom. The molecule has 0 fully saturated rings. The van der Waals surface area contributed by atoms with Crippen molar-refractivity contribution in [3.63, 3.8) is 0 Å². The molecule has 0 unspecified atom stereocenters. The summed E-state index contributed by atoms with van der Waals surface area (Å²) in [6, 6.07) is 5.55. The molecule has 0 aliphatic carbocycles. The average Bonchev–Trinajstić information content (AvgIpc) is 2.36. The van der Waals surface area contributed by atoms with Gasteiger partial charge < -0.3 is 5.32 Å². The molecule has 1 aromatic rings. The van der Waals surface area contributed by atoms with Gasteiger partial charge in [0.05, 0.1) is 6.54 Å². The van der Waals surface area contributed by atoms with Crippen LogP contribution in [0.25, 0.3) is 0 Å². The van der Waals surface area contributed by atoms with Gasteiger partial charge in [-0.25, -0.2) is 5.43 Å². The number of hydrogen-bond donors (Lipinski definition) is 2. The monoisotopic (exact) mass is 295 g/mol. The van der Waals surface area contributed by atoms with Gasteiger partial charge in [0, 0.05) is 21.8 Å². The molecule has 0 atom stereocenters. The zero-order valence-electron chi connectivity index (χ0n) is 12.7. The van der Waals surface area contributed by atoms with E-state index in [2.05, 4.69) is 15.8 Å². The van der Waals surface area contributed by atoms with Gasteiger partial charge in [-0.3, -0.25) is 4.79 Å². The van der Waals surface area contributed by atoms with Crippen LogP contribution in [0.2, 0.25) is 5.02 Å². The number of carbonyl (C=O) groups excluding carboxylic acids is 1. The van der Waals surface area contributed by atoms with Gasteiger partial charge in [0.2, 0.25) is 0 Å². The van der Waals surface area contributed by atoms with Crippen molar-refractivity contribution < 1.29 is 4.79 Å². The molecule has 0 saturated heterocycles. The molecule has 0 aromatic heterocycles. The fraction of sp³-hybridized carbons (Fsp3) is 0.467. The molecular formula is C15H22ClN3O. The Labute approximate surface area is 125 Å². The Kier molecular flexibility index (Phi) is 5.57. The molecule has 0 aliphatic heterocycles. The first-order valence-corrected chi connectivity index (χ1v) is 6.92. The fourth-order valence-electron chi connectivity index (χ4n) is 1.33. The summed E-state index contributed by atoms with van der Waals surface area (Å²) in [6.07, 6.45) is 0. The minimum absolute atomic E-state index is 0.0513. The molecule has 20 heavy (non-hydrogen) atoms. The summed E-state index contributed by atoms with van der Waals surface area (Å²) in [5.41, 5.74) is 5.15. The minimum Gasteiger partial charge on any atom is -0.376 e. The molecule has 1 rings (SSSR count). The number of hydrogen-bond acceptors (Lipinski definition) is 3. The number of nitrogens with zero attached hydrogens (tertiary/aromatic N) is 1. The predicted molar refractivity (Wildman–Crippen MR) is 85.4 cm³/mol. The third-order valence-corrected chi connectivity index (χ3v) is 3.55. The summed E-state index contributed by atoms with van der Waals surface area (Å²) >= 11 is 6.02. The molecule has 0 aliphatic rings. The maximum atomic E-state index is 11.7. The van der Waals surface area contributed by atoms with Crippen molar-refractivity contribution in [2.75, 3.05) is 11.9 Å². The summed E-state index contributed by atoms with van der Waals surface area (Å²) in [5.74, 6) is -0.187. The first kappa shape index (κ1) is 16.5. The van der Waals surface area contributed by atoms with E-state index in [9.17, 15) is 4.79 Å². The van der Waals surface area contributed by atoms with Crippen molar-refractivity contribution in [3.8, 4) is 0 Å². The predicted octanol–water partition coefficient (Wildman–Crippen LogP) is 3.60. The Morgan fingerprint density at radius 1 is 1.35 bits per heavy atom. The molecule has 0 spiro atoms. The molecular weight excluding hydrogens is 274 g/mol. The molecule has 0 radical (unpaired) electrons. The molecule has 5 heteroatoms. The third kappa shape index (κ3) is 4.85. The van der Waals surface area contributed by atoms with Crippen LogP contribution >= 0.6 is 11.6 Å². The zero-order valence-corrected chi connectivity index (χ0v) is 13.4. The number of nitrogens with one attached hydrogen (secondary N) is 2. The van der Waals surface area contributed by atoms with E-state index >= 15 is 0 Å². The minimum atomic E-state index is -0.187. The van der Waals surface area contributed by atoms with Crippen LogP contribution in [-0.2, 0) is 4.79 Å². The van der Waals surface area contributed by atoms with E-state index in [1.165, 1.54) is 0 Å². The van der Waals surface area contributed by atoms with E-state index < -0.39 is 0 Å². The lowest BCUT2D eigenvalue weighted by Gasteiger charge is -2.17. The van der Waals surface area contributed by atoms with E-state index in [0.717, 1.165) is 17.0 Å². The topological polar surface area (TPSA) is 53.5 Å². The van der Waals surface area contributed by atoms with Gasteiger partial charge in [-0.05, 0) is 31.5 Å². The lowest BCUT2D eigenvalue weighted by atomic mass is 9.91. The highest BCUT2D eigenvalue weighted by molar-refractivity contribution is 6.31. The second-order valence-electron chi connectivity index (χ2n) is 5.75. The van der Waals surface area contributed by atoms with Gasteiger partial charge in [0.1, 0.15) is 0 Å². The lowest BCUT2D eigenvalue weighted by molar-refractivity contribution is -0.119. The molecule has 110 valence electrons. The third-order valence-electron chi connectivity index (χ3n) is 3.14.